The van der Waals surface area contributed by atoms with Gasteiger partial charge < -0.3 is 9.84 Å². The van der Waals surface area contributed by atoms with E-state index in [-0.39, 0.29) is 41.1 Å². The van der Waals surface area contributed by atoms with Crippen LogP contribution in [0.4, 0.5) is 11.4 Å². The molecule has 0 heterocycles. The number of hydrogen-bond donors (Lipinski definition) is 1. The van der Waals surface area contributed by atoms with Crippen molar-refractivity contribution in [2.75, 3.05) is 6.61 Å². The predicted octanol–water partition coefficient (Wildman–Crippen LogP) is 6.23. The molecule has 0 bridgehead atoms. The van der Waals surface area contributed by atoms with Gasteiger partial charge in [0.1, 0.15) is 5.60 Å². The molecule has 1 fully saturated rings. The van der Waals surface area contributed by atoms with Gasteiger partial charge in [-0.15, -0.1) is 0 Å². The molecule has 1 saturated carbocycles. The summed E-state index contributed by atoms with van der Waals surface area (Å²) in [6.07, 6.45) is -0.390. The summed E-state index contributed by atoms with van der Waals surface area (Å²) in [5, 5.41) is 47.9. The molecule has 0 aliphatic heterocycles. The molecule has 0 saturated heterocycles. The highest BCUT2D eigenvalue weighted by atomic mass is 16.6. The Morgan fingerprint density at radius 2 is 1.41 bits per heavy atom. The van der Waals surface area contributed by atoms with E-state index in [9.17, 15) is 40.2 Å². The largest absolute Gasteiger partial charge is 0.465 e. The molecule has 0 unspecified atom stereocenters. The van der Waals surface area contributed by atoms with E-state index in [0.717, 1.165) is 0 Å². The van der Waals surface area contributed by atoms with Crippen LogP contribution in [0.2, 0.25) is 0 Å². The molecule has 4 aromatic carbocycles. The first-order chi connectivity index (χ1) is 22.1. The summed E-state index contributed by atoms with van der Waals surface area (Å²) in [6.45, 7) is 1.40. The third-order valence-electron chi connectivity index (χ3n) is 8.74. The number of Topliss-reactive ketones (excluding diaryl/α,β-unsaturated/α-hetero) is 1. The van der Waals surface area contributed by atoms with Crippen molar-refractivity contribution in [2.24, 2.45) is 11.3 Å². The number of esters is 1. The van der Waals surface area contributed by atoms with E-state index >= 15 is 0 Å². The summed E-state index contributed by atoms with van der Waals surface area (Å²) in [7, 11) is 0. The van der Waals surface area contributed by atoms with Crippen molar-refractivity contribution in [3.05, 3.63) is 152 Å². The summed E-state index contributed by atoms with van der Waals surface area (Å²) in [4.78, 5) is 51.5. The molecule has 5 atom stereocenters. The highest BCUT2D eigenvalue weighted by molar-refractivity contribution is 6.00. The third kappa shape index (κ3) is 5.39. The van der Waals surface area contributed by atoms with Crippen molar-refractivity contribution in [1.29, 1.82) is 5.26 Å². The number of carbonyl (C=O) groups is 2. The summed E-state index contributed by atoms with van der Waals surface area (Å²) in [5.74, 6) is -5.97. The predicted molar refractivity (Wildman–Crippen MR) is 166 cm³/mol. The highest BCUT2D eigenvalue weighted by Crippen LogP contribution is 2.64. The minimum Gasteiger partial charge on any atom is -0.465 e. The van der Waals surface area contributed by atoms with Crippen molar-refractivity contribution in [2.45, 2.75) is 30.8 Å². The van der Waals surface area contributed by atoms with Gasteiger partial charge in [0.15, 0.2) is 11.2 Å². The molecule has 5 rings (SSSR count). The van der Waals surface area contributed by atoms with E-state index in [4.69, 9.17) is 4.74 Å². The van der Waals surface area contributed by atoms with Gasteiger partial charge in [0.2, 0.25) is 0 Å². The van der Waals surface area contributed by atoms with Gasteiger partial charge in [-0.1, -0.05) is 84.9 Å². The zero-order valence-electron chi connectivity index (χ0n) is 24.7. The van der Waals surface area contributed by atoms with Crippen molar-refractivity contribution in [3.8, 4) is 6.07 Å². The molecule has 1 N–H and O–H groups in total. The Balaban J connectivity index is 1.93. The fourth-order valence-electron chi connectivity index (χ4n) is 6.76. The molecular formula is C35H29N3O8. The molecule has 1 aliphatic rings. The Bertz CT molecular complexity index is 1840. The lowest BCUT2D eigenvalue weighted by atomic mass is 9.47. The topological polar surface area (TPSA) is 174 Å². The second-order valence-electron chi connectivity index (χ2n) is 11.1. The number of nitro benzene ring substituents is 2. The molecule has 0 amide bonds. The number of non-ortho nitro benzene ring substituents is 2. The fraction of sp³-hybridized carbons (Fsp3) is 0.229. The lowest BCUT2D eigenvalue weighted by molar-refractivity contribution is -0.385. The minimum absolute atomic E-state index is 0.0718. The van der Waals surface area contributed by atoms with Crippen LogP contribution in [0.3, 0.4) is 0 Å². The number of nitrogens with zero attached hydrogens (tertiary/aromatic N) is 3. The van der Waals surface area contributed by atoms with Gasteiger partial charge >= 0.3 is 5.97 Å². The second-order valence-corrected chi connectivity index (χ2v) is 11.1. The van der Waals surface area contributed by atoms with E-state index < -0.39 is 50.4 Å². The standard InChI is InChI=1S/C35H29N3O8/c1-2-46-33(40)34(22-36)29(24-13-9-17-27(19-24)37(42)43)21-35(41,26-15-7-4-8-16-26)31(32(39)23-11-5-3-6-12-23)30(34)25-14-10-18-28(20-25)38(44)45/h3-20,29-31,41H,2,21H2,1H3/t29-,30-,31-,34+,35-/m0/s1. The second kappa shape index (κ2) is 12.7. The van der Waals surface area contributed by atoms with Gasteiger partial charge in [0.05, 0.1) is 28.4 Å². The Morgan fingerprint density at radius 1 is 0.870 bits per heavy atom. The van der Waals surface area contributed by atoms with E-state index in [0.29, 0.717) is 5.56 Å². The highest BCUT2D eigenvalue weighted by Gasteiger charge is 2.68. The van der Waals surface area contributed by atoms with Crippen LogP contribution in [0.25, 0.3) is 0 Å². The van der Waals surface area contributed by atoms with Crippen LogP contribution in [0.15, 0.2) is 109 Å². The summed E-state index contributed by atoms with van der Waals surface area (Å²) in [5.41, 5.74) is -4.30. The average molecular weight is 620 g/mol. The van der Waals surface area contributed by atoms with Gasteiger partial charge in [-0.2, -0.15) is 5.26 Å². The molecule has 0 radical (unpaired) electrons. The maximum atomic E-state index is 14.7. The molecular weight excluding hydrogens is 590 g/mol. The smallest absolute Gasteiger partial charge is 0.327 e. The number of benzene rings is 4. The van der Waals surface area contributed by atoms with E-state index in [1.165, 1.54) is 48.5 Å². The van der Waals surface area contributed by atoms with Crippen LogP contribution < -0.4 is 0 Å². The number of carbonyl (C=O) groups excluding carboxylic acids is 2. The zero-order chi connectivity index (χ0) is 33.1. The molecule has 1 aliphatic carbocycles. The van der Waals surface area contributed by atoms with Gasteiger partial charge in [-0.3, -0.25) is 29.8 Å². The summed E-state index contributed by atoms with van der Waals surface area (Å²) < 4.78 is 5.52. The number of ether oxygens (including phenoxy) is 1. The maximum Gasteiger partial charge on any atom is 0.327 e. The number of nitro groups is 2. The van der Waals surface area contributed by atoms with Crippen molar-refractivity contribution >= 4 is 23.1 Å². The molecule has 4 aromatic rings. The Hall–Kier alpha value is -5.73. The first kappa shape index (κ1) is 31.7. The van der Waals surface area contributed by atoms with E-state index in [1.807, 2.05) is 0 Å². The molecule has 0 spiro atoms. The lowest BCUT2D eigenvalue weighted by Gasteiger charge is -2.54. The van der Waals surface area contributed by atoms with E-state index in [2.05, 4.69) is 6.07 Å². The van der Waals surface area contributed by atoms with Crippen molar-refractivity contribution in [1.82, 2.24) is 0 Å². The van der Waals surface area contributed by atoms with E-state index in [1.54, 1.807) is 67.6 Å². The number of nitriles is 1. The fourth-order valence-corrected chi connectivity index (χ4v) is 6.76. The van der Waals surface area contributed by atoms with Crippen LogP contribution in [0, 0.1) is 42.9 Å². The Morgan fingerprint density at radius 3 is 1.96 bits per heavy atom. The van der Waals surface area contributed by atoms with Gasteiger partial charge in [-0.05, 0) is 30.0 Å². The zero-order valence-corrected chi connectivity index (χ0v) is 24.7. The van der Waals surface area contributed by atoms with Crippen LogP contribution in [-0.2, 0) is 15.1 Å². The van der Waals surface area contributed by atoms with Crippen molar-refractivity contribution < 1.29 is 29.3 Å². The maximum absolute atomic E-state index is 14.7. The molecule has 0 aromatic heterocycles. The SMILES string of the molecule is CCOC(=O)[C@]1(C#N)[C@H](c2cccc([N+](=O)[O-])c2)C[C@](O)(c2ccccc2)[C@H](C(=O)c2ccccc2)[C@@H]1c1cccc([N+](=O)[O-])c1. The number of aliphatic hydroxyl groups is 1. The van der Waals surface area contributed by atoms with Gasteiger partial charge in [0, 0.05) is 41.7 Å². The van der Waals surface area contributed by atoms with Gasteiger partial charge in [0.25, 0.3) is 11.4 Å². The lowest BCUT2D eigenvalue weighted by Crippen LogP contribution is -2.59. The first-order valence-electron chi connectivity index (χ1n) is 14.5. The number of rotatable bonds is 9. The van der Waals surface area contributed by atoms with Crippen LogP contribution >= 0.6 is 0 Å². The first-order valence-corrected chi connectivity index (χ1v) is 14.5. The average Bonchev–Trinajstić information content (AvgIpc) is 3.08. The summed E-state index contributed by atoms with van der Waals surface area (Å²) in [6, 6.07) is 29.2. The van der Waals surface area contributed by atoms with Gasteiger partial charge in [-0.25, -0.2) is 0 Å². The normalized spacial score (nSPS) is 23.9. The van der Waals surface area contributed by atoms with Crippen LogP contribution in [0.5, 0.6) is 0 Å². The molecule has 11 heteroatoms. The third-order valence-corrected chi connectivity index (χ3v) is 8.74. The Kier molecular flexibility index (Phi) is 8.76. The minimum atomic E-state index is -2.28. The van der Waals surface area contributed by atoms with Crippen LogP contribution in [-0.4, -0.2) is 33.3 Å². The number of ketones is 1. The number of hydrogen-bond acceptors (Lipinski definition) is 9. The molecule has 46 heavy (non-hydrogen) atoms. The quantitative estimate of drug-likeness (QED) is 0.0985. The Labute approximate surface area is 264 Å². The van der Waals surface area contributed by atoms with Crippen LogP contribution in [0.1, 0.15) is 52.2 Å². The summed E-state index contributed by atoms with van der Waals surface area (Å²) >= 11 is 0. The van der Waals surface area contributed by atoms with Crippen molar-refractivity contribution in [3.63, 3.8) is 0 Å². The molecule has 11 nitrogen and oxygen atoms in total. The molecule has 232 valence electrons. The monoisotopic (exact) mass is 619 g/mol.